The molecule has 6 heteroatoms. The number of pyridine rings is 1. The number of aliphatic hydroxyl groups is 1. The van der Waals surface area contributed by atoms with Crippen molar-refractivity contribution in [3.05, 3.63) is 28.8 Å². The largest absolute Gasteiger partial charge is 0.392 e. The highest BCUT2D eigenvalue weighted by atomic mass is 19.3. The minimum Gasteiger partial charge on any atom is -0.392 e. The van der Waals surface area contributed by atoms with Crippen molar-refractivity contribution in [2.75, 3.05) is 0 Å². The first-order valence-corrected chi connectivity index (χ1v) is 3.87. The molecule has 3 N–H and O–H groups in total. The monoisotopic (exact) mass is 206 g/mol. The van der Waals surface area contributed by atoms with Crippen molar-refractivity contribution in [1.82, 2.24) is 4.98 Å². The van der Waals surface area contributed by atoms with E-state index in [1.54, 1.807) is 0 Å². The Morgan fingerprint density at radius 2 is 2.07 bits per heavy atom. The number of aliphatic hydroxyl groups excluding tert-OH is 1. The van der Waals surface area contributed by atoms with Gasteiger partial charge in [-0.1, -0.05) is 0 Å². The van der Waals surface area contributed by atoms with Gasteiger partial charge in [0.2, 0.25) is 5.95 Å². The summed E-state index contributed by atoms with van der Waals surface area (Å²) in [5.74, 6) is -0.916. The van der Waals surface area contributed by atoms with Gasteiger partial charge in [0.15, 0.2) is 0 Å². The van der Waals surface area contributed by atoms with Crippen LogP contribution in [0.4, 0.5) is 13.2 Å². The fourth-order valence-corrected chi connectivity index (χ4v) is 1.16. The molecule has 0 saturated carbocycles. The van der Waals surface area contributed by atoms with Crippen LogP contribution in [0.25, 0.3) is 0 Å². The van der Waals surface area contributed by atoms with Gasteiger partial charge in [-0.05, 0) is 5.56 Å². The van der Waals surface area contributed by atoms with Gasteiger partial charge in [0.25, 0.3) is 6.43 Å². The summed E-state index contributed by atoms with van der Waals surface area (Å²) in [6.45, 7) is -0.944. The van der Waals surface area contributed by atoms with E-state index >= 15 is 0 Å². The molecule has 0 atom stereocenters. The molecule has 1 aromatic rings. The fourth-order valence-electron chi connectivity index (χ4n) is 1.16. The summed E-state index contributed by atoms with van der Waals surface area (Å²) in [5, 5.41) is 8.82. The fraction of sp³-hybridized carbons (Fsp3) is 0.375. The summed E-state index contributed by atoms with van der Waals surface area (Å²) in [6.07, 6.45) is -2.08. The van der Waals surface area contributed by atoms with Crippen molar-refractivity contribution in [2.24, 2.45) is 5.73 Å². The molecule has 0 saturated heterocycles. The zero-order chi connectivity index (χ0) is 10.7. The molecule has 0 aliphatic carbocycles. The average molecular weight is 206 g/mol. The van der Waals surface area contributed by atoms with E-state index in [0.717, 1.165) is 0 Å². The first-order chi connectivity index (χ1) is 6.61. The molecule has 1 heterocycles. The zero-order valence-corrected chi connectivity index (χ0v) is 7.17. The lowest BCUT2D eigenvalue weighted by atomic mass is 10.1. The Morgan fingerprint density at radius 1 is 1.43 bits per heavy atom. The molecule has 78 valence electrons. The van der Waals surface area contributed by atoms with Crippen molar-refractivity contribution in [3.8, 4) is 0 Å². The maximum absolute atomic E-state index is 12.9. The number of nitrogens with two attached hydrogens (primary N) is 1. The van der Waals surface area contributed by atoms with E-state index in [9.17, 15) is 13.2 Å². The van der Waals surface area contributed by atoms with Crippen molar-refractivity contribution < 1.29 is 18.3 Å². The minimum atomic E-state index is -2.80. The van der Waals surface area contributed by atoms with Gasteiger partial charge in [-0.3, -0.25) is 0 Å². The van der Waals surface area contributed by atoms with Crippen LogP contribution in [-0.2, 0) is 13.2 Å². The Hall–Kier alpha value is -1.14. The summed E-state index contributed by atoms with van der Waals surface area (Å²) < 4.78 is 37.6. The van der Waals surface area contributed by atoms with Crippen LogP contribution in [0.5, 0.6) is 0 Å². The number of halogens is 3. The van der Waals surface area contributed by atoms with E-state index in [1.807, 2.05) is 0 Å². The van der Waals surface area contributed by atoms with Gasteiger partial charge < -0.3 is 10.8 Å². The summed E-state index contributed by atoms with van der Waals surface area (Å²) in [4.78, 5) is 3.14. The predicted octanol–water partition coefficient (Wildman–Crippen LogP) is 1.11. The van der Waals surface area contributed by atoms with E-state index in [2.05, 4.69) is 4.98 Å². The highest BCUT2D eigenvalue weighted by Crippen LogP contribution is 2.25. The first kappa shape index (κ1) is 10.9. The number of hydrogen-bond donors (Lipinski definition) is 2. The molecule has 0 aliphatic heterocycles. The van der Waals surface area contributed by atoms with Gasteiger partial charge in [0, 0.05) is 23.9 Å². The summed E-state index contributed by atoms with van der Waals surface area (Å²) in [6, 6.07) is 0. The molecule has 0 spiro atoms. The van der Waals surface area contributed by atoms with E-state index in [0.29, 0.717) is 6.20 Å². The quantitative estimate of drug-likeness (QED) is 0.728. The summed E-state index contributed by atoms with van der Waals surface area (Å²) in [5.41, 5.74) is 4.35. The number of hydrogen-bond acceptors (Lipinski definition) is 3. The van der Waals surface area contributed by atoms with Crippen LogP contribution in [0, 0.1) is 5.95 Å². The molecule has 0 aliphatic rings. The van der Waals surface area contributed by atoms with Crippen molar-refractivity contribution >= 4 is 0 Å². The first-order valence-electron chi connectivity index (χ1n) is 3.87. The number of nitrogens with zero attached hydrogens (tertiary/aromatic N) is 1. The van der Waals surface area contributed by atoms with Gasteiger partial charge in [0.05, 0.1) is 6.61 Å². The molecule has 0 aromatic carbocycles. The topological polar surface area (TPSA) is 59.1 Å². The van der Waals surface area contributed by atoms with Crippen molar-refractivity contribution in [1.29, 1.82) is 0 Å². The molecule has 0 radical (unpaired) electrons. The highest BCUT2D eigenvalue weighted by Gasteiger charge is 2.18. The Balaban J connectivity index is 3.33. The molecule has 1 rings (SSSR count). The smallest absolute Gasteiger partial charge is 0.265 e. The third-order valence-electron chi connectivity index (χ3n) is 1.88. The van der Waals surface area contributed by atoms with Gasteiger partial charge in [-0.2, -0.15) is 4.39 Å². The van der Waals surface area contributed by atoms with Crippen LogP contribution in [-0.4, -0.2) is 10.1 Å². The summed E-state index contributed by atoms with van der Waals surface area (Å²) >= 11 is 0. The third-order valence-corrected chi connectivity index (χ3v) is 1.88. The Labute approximate surface area is 78.4 Å². The van der Waals surface area contributed by atoms with Gasteiger partial charge in [-0.25, -0.2) is 13.8 Å². The normalized spacial score (nSPS) is 11.0. The molecule has 0 unspecified atom stereocenters. The van der Waals surface area contributed by atoms with E-state index in [1.165, 1.54) is 0 Å². The Morgan fingerprint density at radius 3 is 2.50 bits per heavy atom. The van der Waals surface area contributed by atoms with Gasteiger partial charge >= 0.3 is 0 Å². The third kappa shape index (κ3) is 1.85. The lowest BCUT2D eigenvalue weighted by Gasteiger charge is -2.10. The highest BCUT2D eigenvalue weighted by molar-refractivity contribution is 5.32. The number of alkyl halides is 2. The van der Waals surface area contributed by atoms with Crippen LogP contribution in [0.3, 0.4) is 0 Å². The minimum absolute atomic E-state index is 0.162. The maximum atomic E-state index is 12.9. The number of rotatable bonds is 3. The van der Waals surface area contributed by atoms with E-state index in [-0.39, 0.29) is 17.7 Å². The maximum Gasteiger partial charge on any atom is 0.265 e. The second-order valence-corrected chi connectivity index (χ2v) is 2.62. The molecular formula is C8H9F3N2O. The molecule has 0 fully saturated rings. The SMILES string of the molecule is NCc1c(F)ncc(C(F)F)c1CO. The van der Waals surface area contributed by atoms with Gasteiger partial charge in [-0.15, -0.1) is 0 Å². The number of aromatic nitrogens is 1. The molecule has 1 aromatic heterocycles. The van der Waals surface area contributed by atoms with Gasteiger partial charge in [0.1, 0.15) is 0 Å². The lowest BCUT2D eigenvalue weighted by Crippen LogP contribution is -2.10. The van der Waals surface area contributed by atoms with Crippen molar-refractivity contribution in [3.63, 3.8) is 0 Å². The second-order valence-electron chi connectivity index (χ2n) is 2.62. The zero-order valence-electron chi connectivity index (χ0n) is 7.17. The molecular weight excluding hydrogens is 197 g/mol. The van der Waals surface area contributed by atoms with Crippen LogP contribution in [0.1, 0.15) is 23.1 Å². The molecule has 0 amide bonds. The molecule has 14 heavy (non-hydrogen) atoms. The second kappa shape index (κ2) is 4.39. The van der Waals surface area contributed by atoms with E-state index < -0.39 is 24.5 Å². The standard InChI is InChI=1S/C8H9F3N2O/c9-7(10)5-2-13-8(11)4(1-12)6(5)3-14/h2,7,14H,1,3,12H2. The van der Waals surface area contributed by atoms with E-state index in [4.69, 9.17) is 10.8 Å². The van der Waals surface area contributed by atoms with Crippen LogP contribution in [0.15, 0.2) is 6.20 Å². The van der Waals surface area contributed by atoms with Crippen LogP contribution < -0.4 is 5.73 Å². The van der Waals surface area contributed by atoms with Crippen LogP contribution in [0.2, 0.25) is 0 Å². The average Bonchev–Trinajstić information content (AvgIpc) is 2.16. The lowest BCUT2D eigenvalue weighted by molar-refractivity contribution is 0.146. The molecule has 0 bridgehead atoms. The summed E-state index contributed by atoms with van der Waals surface area (Å²) in [7, 11) is 0. The Bertz CT molecular complexity index is 331. The Kier molecular flexibility index (Phi) is 3.43. The van der Waals surface area contributed by atoms with Crippen LogP contribution >= 0.6 is 0 Å². The van der Waals surface area contributed by atoms with Crippen molar-refractivity contribution in [2.45, 2.75) is 19.6 Å². The molecule has 3 nitrogen and oxygen atoms in total. The predicted molar refractivity (Wildman–Crippen MR) is 43.0 cm³/mol.